The van der Waals surface area contributed by atoms with E-state index in [2.05, 4.69) is 22.0 Å². The van der Waals surface area contributed by atoms with E-state index in [-0.39, 0.29) is 6.04 Å². The van der Waals surface area contributed by atoms with Gasteiger partial charge in [-0.1, -0.05) is 22.0 Å². The number of fused-ring (bicyclic) bond motifs is 1. The second kappa shape index (κ2) is 3.40. The maximum atomic E-state index is 9.78. The molecule has 1 aromatic carbocycles. The summed E-state index contributed by atoms with van der Waals surface area (Å²) in [7, 11) is 0. The van der Waals surface area contributed by atoms with Gasteiger partial charge in [0.1, 0.15) is 0 Å². The van der Waals surface area contributed by atoms with Crippen molar-refractivity contribution in [1.82, 2.24) is 0 Å². The van der Waals surface area contributed by atoms with E-state index in [1.807, 2.05) is 12.1 Å². The molecular formula is C10H12BrNO. The van der Waals surface area contributed by atoms with Gasteiger partial charge in [-0.2, -0.15) is 0 Å². The molecule has 0 heterocycles. The van der Waals surface area contributed by atoms with Gasteiger partial charge in [0.25, 0.3) is 0 Å². The lowest BCUT2D eigenvalue weighted by Gasteiger charge is -2.27. The summed E-state index contributed by atoms with van der Waals surface area (Å²) >= 11 is 3.41. The van der Waals surface area contributed by atoms with E-state index < -0.39 is 6.10 Å². The van der Waals surface area contributed by atoms with Crippen LogP contribution in [0.1, 0.15) is 23.7 Å². The first-order valence-electron chi connectivity index (χ1n) is 4.40. The van der Waals surface area contributed by atoms with E-state index in [9.17, 15) is 5.11 Å². The van der Waals surface area contributed by atoms with Gasteiger partial charge in [0.05, 0.1) is 6.10 Å². The molecule has 0 saturated carbocycles. The van der Waals surface area contributed by atoms with Crippen molar-refractivity contribution in [2.45, 2.75) is 25.0 Å². The van der Waals surface area contributed by atoms with Crippen molar-refractivity contribution in [2.24, 2.45) is 5.73 Å². The minimum atomic E-state index is -0.489. The normalized spacial score (nSPS) is 27.0. The van der Waals surface area contributed by atoms with Crippen LogP contribution >= 0.6 is 15.9 Å². The van der Waals surface area contributed by atoms with Crippen LogP contribution < -0.4 is 5.73 Å². The van der Waals surface area contributed by atoms with Crippen molar-refractivity contribution in [1.29, 1.82) is 0 Å². The number of rotatable bonds is 0. The average molecular weight is 242 g/mol. The van der Waals surface area contributed by atoms with E-state index >= 15 is 0 Å². The van der Waals surface area contributed by atoms with Gasteiger partial charge in [0, 0.05) is 10.5 Å². The molecule has 0 amide bonds. The Morgan fingerprint density at radius 1 is 1.46 bits per heavy atom. The molecule has 13 heavy (non-hydrogen) atoms. The van der Waals surface area contributed by atoms with Crippen LogP contribution in [0, 0.1) is 0 Å². The number of aliphatic hydroxyl groups is 1. The first kappa shape index (κ1) is 9.19. The molecule has 70 valence electrons. The van der Waals surface area contributed by atoms with Gasteiger partial charge in [-0.25, -0.2) is 0 Å². The molecule has 2 atom stereocenters. The van der Waals surface area contributed by atoms with Crippen LogP contribution in [0.5, 0.6) is 0 Å². The molecule has 1 aromatic rings. The van der Waals surface area contributed by atoms with E-state index in [1.54, 1.807) is 0 Å². The lowest BCUT2D eigenvalue weighted by atomic mass is 9.86. The zero-order valence-electron chi connectivity index (χ0n) is 7.20. The van der Waals surface area contributed by atoms with Crippen LogP contribution in [0.2, 0.25) is 0 Å². The van der Waals surface area contributed by atoms with Gasteiger partial charge >= 0.3 is 0 Å². The molecule has 0 spiro atoms. The molecule has 3 N–H and O–H groups in total. The number of aryl methyl sites for hydroxylation is 1. The van der Waals surface area contributed by atoms with E-state index in [1.165, 1.54) is 5.56 Å². The zero-order chi connectivity index (χ0) is 9.42. The maximum Gasteiger partial charge on any atom is 0.0943 e. The SMILES string of the molecule is N[C@@H]1CCc2cc(Br)ccc2[C@H]1O. The number of hydrogen-bond donors (Lipinski definition) is 2. The lowest BCUT2D eigenvalue weighted by molar-refractivity contribution is 0.134. The topological polar surface area (TPSA) is 46.2 Å². The Labute approximate surface area is 85.9 Å². The summed E-state index contributed by atoms with van der Waals surface area (Å²) in [6.07, 6.45) is 1.34. The molecular weight excluding hydrogens is 230 g/mol. The molecule has 0 fully saturated rings. The fourth-order valence-corrected chi connectivity index (χ4v) is 2.20. The fourth-order valence-electron chi connectivity index (χ4n) is 1.79. The standard InChI is InChI=1S/C10H12BrNO/c11-7-2-3-8-6(5-7)1-4-9(12)10(8)13/h2-3,5,9-10,13H,1,4,12H2/t9-,10-/m1/s1. The van der Waals surface area contributed by atoms with Gasteiger partial charge in [-0.15, -0.1) is 0 Å². The Morgan fingerprint density at radius 2 is 2.23 bits per heavy atom. The predicted octanol–water partition coefficient (Wildman–Crippen LogP) is 1.76. The molecule has 0 bridgehead atoms. The number of benzene rings is 1. The monoisotopic (exact) mass is 241 g/mol. The molecule has 2 nitrogen and oxygen atoms in total. The lowest BCUT2D eigenvalue weighted by Crippen LogP contribution is -2.32. The third-order valence-corrected chi connectivity index (χ3v) is 3.07. The van der Waals surface area contributed by atoms with Crippen molar-refractivity contribution in [3.05, 3.63) is 33.8 Å². The summed E-state index contributed by atoms with van der Waals surface area (Å²) in [5.74, 6) is 0. The number of nitrogens with two attached hydrogens (primary N) is 1. The number of halogens is 1. The molecule has 0 aliphatic heterocycles. The smallest absolute Gasteiger partial charge is 0.0943 e. The van der Waals surface area contributed by atoms with Gasteiger partial charge in [0.2, 0.25) is 0 Å². The second-order valence-corrected chi connectivity index (χ2v) is 4.41. The maximum absolute atomic E-state index is 9.78. The van der Waals surface area contributed by atoms with Crippen LogP contribution in [0.4, 0.5) is 0 Å². The highest BCUT2D eigenvalue weighted by Gasteiger charge is 2.24. The molecule has 3 heteroatoms. The van der Waals surface area contributed by atoms with Crippen LogP contribution in [-0.2, 0) is 6.42 Å². The highest BCUT2D eigenvalue weighted by molar-refractivity contribution is 9.10. The van der Waals surface area contributed by atoms with E-state index in [0.29, 0.717) is 0 Å². The Morgan fingerprint density at radius 3 is 3.00 bits per heavy atom. The third-order valence-electron chi connectivity index (χ3n) is 2.58. The summed E-state index contributed by atoms with van der Waals surface area (Å²) in [5.41, 5.74) is 7.97. The third kappa shape index (κ3) is 1.64. The highest BCUT2D eigenvalue weighted by atomic mass is 79.9. The van der Waals surface area contributed by atoms with Crippen LogP contribution in [0.15, 0.2) is 22.7 Å². The van der Waals surface area contributed by atoms with E-state index in [4.69, 9.17) is 5.73 Å². The largest absolute Gasteiger partial charge is 0.387 e. The zero-order valence-corrected chi connectivity index (χ0v) is 8.79. The van der Waals surface area contributed by atoms with Crippen molar-refractivity contribution in [3.63, 3.8) is 0 Å². The quantitative estimate of drug-likeness (QED) is 0.728. The predicted molar refractivity (Wildman–Crippen MR) is 55.4 cm³/mol. The minimum Gasteiger partial charge on any atom is -0.387 e. The Hall–Kier alpha value is -0.380. The first-order chi connectivity index (χ1) is 6.18. The Balaban J connectivity index is 2.44. The summed E-state index contributed by atoms with van der Waals surface area (Å²) in [6, 6.07) is 5.85. The van der Waals surface area contributed by atoms with Crippen LogP contribution in [-0.4, -0.2) is 11.1 Å². The van der Waals surface area contributed by atoms with Gasteiger partial charge < -0.3 is 10.8 Å². The van der Waals surface area contributed by atoms with Crippen molar-refractivity contribution in [3.8, 4) is 0 Å². The van der Waals surface area contributed by atoms with Crippen molar-refractivity contribution in [2.75, 3.05) is 0 Å². The number of hydrogen-bond acceptors (Lipinski definition) is 2. The molecule has 1 aliphatic carbocycles. The van der Waals surface area contributed by atoms with Gasteiger partial charge in [-0.05, 0) is 36.1 Å². The van der Waals surface area contributed by atoms with Gasteiger partial charge in [0.15, 0.2) is 0 Å². The van der Waals surface area contributed by atoms with Crippen LogP contribution in [0.3, 0.4) is 0 Å². The number of aliphatic hydroxyl groups excluding tert-OH is 1. The van der Waals surface area contributed by atoms with Crippen molar-refractivity contribution < 1.29 is 5.11 Å². The minimum absolute atomic E-state index is 0.103. The average Bonchev–Trinajstić information content (AvgIpc) is 2.12. The molecule has 0 radical (unpaired) electrons. The summed E-state index contributed by atoms with van der Waals surface area (Å²) < 4.78 is 1.06. The first-order valence-corrected chi connectivity index (χ1v) is 5.20. The molecule has 2 rings (SSSR count). The van der Waals surface area contributed by atoms with Crippen LogP contribution in [0.25, 0.3) is 0 Å². The Kier molecular flexibility index (Phi) is 2.41. The molecule has 0 saturated heterocycles. The highest BCUT2D eigenvalue weighted by Crippen LogP contribution is 2.30. The van der Waals surface area contributed by atoms with Gasteiger partial charge in [-0.3, -0.25) is 0 Å². The molecule has 0 unspecified atom stereocenters. The Bertz CT molecular complexity index is 327. The molecule has 1 aliphatic rings. The van der Waals surface area contributed by atoms with Crippen molar-refractivity contribution >= 4 is 15.9 Å². The summed E-state index contributed by atoms with van der Waals surface area (Å²) in [4.78, 5) is 0. The molecule has 0 aromatic heterocycles. The summed E-state index contributed by atoms with van der Waals surface area (Å²) in [5, 5.41) is 9.78. The fraction of sp³-hybridized carbons (Fsp3) is 0.400. The second-order valence-electron chi connectivity index (χ2n) is 3.49. The van der Waals surface area contributed by atoms with E-state index in [0.717, 1.165) is 22.9 Å². The summed E-state index contributed by atoms with van der Waals surface area (Å²) in [6.45, 7) is 0.